The van der Waals surface area contributed by atoms with Gasteiger partial charge in [-0.25, -0.2) is 4.79 Å². The van der Waals surface area contributed by atoms with Crippen molar-refractivity contribution in [2.24, 2.45) is 0 Å². The van der Waals surface area contributed by atoms with E-state index in [1.807, 2.05) is 38.1 Å². The van der Waals surface area contributed by atoms with Gasteiger partial charge in [-0.05, 0) is 68.8 Å². The molecule has 3 aromatic carbocycles. The molecule has 0 saturated carbocycles. The molecule has 3 aromatic rings. The number of phenols is 1. The fourth-order valence-corrected chi connectivity index (χ4v) is 3.05. The van der Waals surface area contributed by atoms with Crippen LogP contribution in [0.1, 0.15) is 23.6 Å². The molecule has 1 atom stereocenters. The zero-order valence-corrected chi connectivity index (χ0v) is 18.5. The van der Waals surface area contributed by atoms with Crippen LogP contribution in [0.2, 0.25) is 0 Å². The minimum Gasteiger partial charge on any atom is -0.506 e. The van der Waals surface area contributed by atoms with Gasteiger partial charge < -0.3 is 25.8 Å². The SMILES string of the molecule is Cc1ccc(OC(C)C(=O)Nc2ccc(NC(=O)Nc3ccc(C#N)cc3)c(O)c2)c(C)c1. The van der Waals surface area contributed by atoms with Crippen LogP contribution in [0.25, 0.3) is 0 Å². The second-order valence-electron chi connectivity index (χ2n) is 7.52. The van der Waals surface area contributed by atoms with Crippen LogP contribution in [0.4, 0.5) is 21.9 Å². The van der Waals surface area contributed by atoms with Gasteiger partial charge in [-0.15, -0.1) is 0 Å². The molecule has 3 rings (SSSR count). The molecule has 0 aromatic heterocycles. The number of nitriles is 1. The largest absolute Gasteiger partial charge is 0.506 e. The fourth-order valence-electron chi connectivity index (χ4n) is 3.05. The first-order valence-corrected chi connectivity index (χ1v) is 10.2. The Morgan fingerprint density at radius 1 is 0.939 bits per heavy atom. The van der Waals surface area contributed by atoms with Crippen molar-refractivity contribution in [3.05, 3.63) is 77.4 Å². The van der Waals surface area contributed by atoms with Crippen molar-refractivity contribution in [3.8, 4) is 17.6 Å². The standard InChI is InChI=1S/C25H24N4O4/c1-15-4-11-23(16(2)12-15)33-17(3)24(31)27-20-9-10-21(22(30)13-20)29-25(32)28-19-7-5-18(14-26)6-8-19/h4-13,17,30H,1-3H3,(H,27,31)(H2,28,29,32). The number of rotatable bonds is 6. The summed E-state index contributed by atoms with van der Waals surface area (Å²) < 4.78 is 5.75. The van der Waals surface area contributed by atoms with Gasteiger partial charge in [0.1, 0.15) is 11.5 Å². The fraction of sp³-hybridized carbons (Fsp3) is 0.160. The Morgan fingerprint density at radius 3 is 2.27 bits per heavy atom. The second-order valence-corrected chi connectivity index (χ2v) is 7.52. The lowest BCUT2D eigenvalue weighted by atomic mass is 10.1. The summed E-state index contributed by atoms with van der Waals surface area (Å²) in [7, 11) is 0. The molecule has 1 unspecified atom stereocenters. The van der Waals surface area contributed by atoms with Crippen molar-refractivity contribution in [1.29, 1.82) is 5.26 Å². The maximum atomic E-state index is 12.5. The third-order valence-electron chi connectivity index (χ3n) is 4.79. The molecule has 168 valence electrons. The average molecular weight is 444 g/mol. The van der Waals surface area contributed by atoms with Crippen molar-refractivity contribution < 1.29 is 19.4 Å². The summed E-state index contributed by atoms with van der Waals surface area (Å²) in [5, 5.41) is 26.9. The van der Waals surface area contributed by atoms with Crippen LogP contribution >= 0.6 is 0 Å². The Labute approximate surface area is 191 Å². The van der Waals surface area contributed by atoms with Gasteiger partial charge in [0.15, 0.2) is 6.10 Å². The van der Waals surface area contributed by atoms with Crippen LogP contribution in [-0.4, -0.2) is 23.1 Å². The zero-order valence-electron chi connectivity index (χ0n) is 18.5. The highest BCUT2D eigenvalue weighted by atomic mass is 16.5. The number of hydrogen-bond donors (Lipinski definition) is 4. The molecule has 8 heteroatoms. The van der Waals surface area contributed by atoms with Crippen LogP contribution in [0, 0.1) is 25.2 Å². The molecule has 0 saturated heterocycles. The Morgan fingerprint density at radius 2 is 1.64 bits per heavy atom. The van der Waals surface area contributed by atoms with E-state index in [0.717, 1.165) is 11.1 Å². The minimum absolute atomic E-state index is 0.165. The summed E-state index contributed by atoms with van der Waals surface area (Å²) in [6.45, 7) is 5.53. The Hall–Kier alpha value is -4.51. The van der Waals surface area contributed by atoms with E-state index >= 15 is 0 Å². The van der Waals surface area contributed by atoms with Gasteiger partial charge in [0.25, 0.3) is 5.91 Å². The van der Waals surface area contributed by atoms with Gasteiger partial charge in [0.2, 0.25) is 0 Å². The van der Waals surface area contributed by atoms with Crippen LogP contribution in [-0.2, 0) is 4.79 Å². The van der Waals surface area contributed by atoms with Crippen molar-refractivity contribution in [2.75, 3.05) is 16.0 Å². The molecule has 3 amide bonds. The number of aromatic hydroxyl groups is 1. The number of carbonyl (C=O) groups is 2. The highest BCUT2D eigenvalue weighted by molar-refractivity contribution is 6.01. The number of anilines is 3. The molecular weight excluding hydrogens is 420 g/mol. The molecule has 0 aliphatic carbocycles. The summed E-state index contributed by atoms with van der Waals surface area (Å²) in [5.74, 6) is 0.0262. The molecule has 0 bridgehead atoms. The maximum absolute atomic E-state index is 12.5. The van der Waals surface area contributed by atoms with Crippen molar-refractivity contribution in [1.82, 2.24) is 0 Å². The molecule has 0 fully saturated rings. The van der Waals surface area contributed by atoms with Crippen LogP contribution in [0.3, 0.4) is 0 Å². The number of nitrogens with zero attached hydrogens (tertiary/aromatic N) is 1. The number of hydrogen-bond acceptors (Lipinski definition) is 5. The van der Waals surface area contributed by atoms with E-state index in [-0.39, 0.29) is 17.3 Å². The third kappa shape index (κ3) is 6.24. The van der Waals surface area contributed by atoms with E-state index in [0.29, 0.717) is 22.7 Å². The number of phenolic OH excluding ortho intramolecular Hbond substituents is 1. The first-order valence-electron chi connectivity index (χ1n) is 10.2. The summed E-state index contributed by atoms with van der Waals surface area (Å²) in [4.78, 5) is 24.7. The summed E-state index contributed by atoms with van der Waals surface area (Å²) >= 11 is 0. The number of ether oxygens (including phenoxy) is 1. The highest BCUT2D eigenvalue weighted by Crippen LogP contribution is 2.27. The normalized spacial score (nSPS) is 11.1. The van der Waals surface area contributed by atoms with Crippen LogP contribution in [0.5, 0.6) is 11.5 Å². The predicted molar refractivity (Wildman–Crippen MR) is 127 cm³/mol. The second kappa shape index (κ2) is 10.2. The van der Waals surface area contributed by atoms with E-state index in [1.54, 1.807) is 37.3 Å². The lowest BCUT2D eigenvalue weighted by Crippen LogP contribution is -2.30. The molecule has 0 aliphatic rings. The van der Waals surface area contributed by atoms with E-state index in [1.165, 1.54) is 12.1 Å². The minimum atomic E-state index is -0.760. The lowest BCUT2D eigenvalue weighted by Gasteiger charge is -2.17. The molecule has 4 N–H and O–H groups in total. The quantitative estimate of drug-likeness (QED) is 0.401. The van der Waals surface area contributed by atoms with Crippen molar-refractivity contribution >= 4 is 29.0 Å². The van der Waals surface area contributed by atoms with Gasteiger partial charge in [0.05, 0.1) is 17.3 Å². The molecule has 0 heterocycles. The Kier molecular flexibility index (Phi) is 7.16. The number of aryl methyl sites for hydroxylation is 2. The van der Waals surface area contributed by atoms with Gasteiger partial charge in [-0.2, -0.15) is 5.26 Å². The Balaban J connectivity index is 1.58. The summed E-state index contributed by atoms with van der Waals surface area (Å²) in [6, 6.07) is 17.8. The number of carbonyl (C=O) groups excluding carboxylic acids is 2. The highest BCUT2D eigenvalue weighted by Gasteiger charge is 2.17. The molecular formula is C25H24N4O4. The van der Waals surface area contributed by atoms with E-state index in [4.69, 9.17) is 10.00 Å². The number of urea groups is 1. The topological polar surface area (TPSA) is 123 Å². The van der Waals surface area contributed by atoms with Gasteiger partial charge in [-0.3, -0.25) is 4.79 Å². The molecule has 0 aliphatic heterocycles. The molecule has 33 heavy (non-hydrogen) atoms. The summed E-state index contributed by atoms with van der Waals surface area (Å²) in [5.41, 5.74) is 3.52. The van der Waals surface area contributed by atoms with Gasteiger partial charge in [-0.1, -0.05) is 17.7 Å². The average Bonchev–Trinajstić information content (AvgIpc) is 2.78. The first kappa shape index (κ1) is 23.2. The van der Waals surface area contributed by atoms with E-state index in [2.05, 4.69) is 16.0 Å². The van der Waals surface area contributed by atoms with E-state index in [9.17, 15) is 14.7 Å². The molecule has 8 nitrogen and oxygen atoms in total. The number of benzene rings is 3. The molecule has 0 spiro atoms. The van der Waals surface area contributed by atoms with Crippen LogP contribution in [0.15, 0.2) is 60.7 Å². The predicted octanol–water partition coefficient (Wildman–Crippen LogP) is 4.93. The number of amides is 3. The van der Waals surface area contributed by atoms with E-state index < -0.39 is 12.1 Å². The van der Waals surface area contributed by atoms with Crippen molar-refractivity contribution in [2.45, 2.75) is 26.9 Å². The lowest BCUT2D eigenvalue weighted by molar-refractivity contribution is -0.122. The first-order chi connectivity index (χ1) is 15.7. The van der Waals surface area contributed by atoms with Gasteiger partial charge in [0, 0.05) is 17.4 Å². The number of nitrogens with one attached hydrogen (secondary N) is 3. The maximum Gasteiger partial charge on any atom is 0.323 e. The zero-order chi connectivity index (χ0) is 24.0. The summed E-state index contributed by atoms with van der Waals surface area (Å²) in [6.07, 6.45) is -0.760. The van der Waals surface area contributed by atoms with Crippen molar-refractivity contribution in [3.63, 3.8) is 0 Å². The molecule has 0 radical (unpaired) electrons. The smallest absolute Gasteiger partial charge is 0.323 e. The third-order valence-corrected chi connectivity index (χ3v) is 4.79. The monoisotopic (exact) mass is 444 g/mol. The van der Waals surface area contributed by atoms with Crippen LogP contribution < -0.4 is 20.7 Å². The van der Waals surface area contributed by atoms with Gasteiger partial charge >= 0.3 is 6.03 Å². The Bertz CT molecular complexity index is 1220.